The number of carboxylic acids is 1. The summed E-state index contributed by atoms with van der Waals surface area (Å²) < 4.78 is 14.4. The molecule has 216 valence electrons. The lowest BCUT2D eigenvalue weighted by atomic mass is 9.89. The highest BCUT2D eigenvalue weighted by atomic mass is 16.5. The second-order valence-electron chi connectivity index (χ2n) is 11.0. The highest BCUT2D eigenvalue weighted by Crippen LogP contribution is 2.33. The van der Waals surface area contributed by atoms with Gasteiger partial charge in [-0.15, -0.1) is 0 Å². The summed E-state index contributed by atoms with van der Waals surface area (Å²) in [5.74, 6) is 1.64. The minimum absolute atomic E-state index is 0.0727. The average molecular weight is 551 g/mol. The van der Waals surface area contributed by atoms with Gasteiger partial charge < -0.3 is 25.2 Å². The number of nitrogens with one attached hydrogen (secondary N) is 2. The van der Waals surface area contributed by atoms with Gasteiger partial charge in [-0.3, -0.25) is 9.36 Å². The van der Waals surface area contributed by atoms with Crippen LogP contribution in [0.1, 0.15) is 90.2 Å². The van der Waals surface area contributed by atoms with Crippen molar-refractivity contribution >= 4 is 34.6 Å². The number of benzene rings is 1. The Bertz CT molecular complexity index is 1250. The van der Waals surface area contributed by atoms with Gasteiger partial charge >= 0.3 is 5.97 Å². The van der Waals surface area contributed by atoms with E-state index in [0.29, 0.717) is 24.0 Å². The van der Waals surface area contributed by atoms with Crippen LogP contribution in [-0.4, -0.2) is 49.9 Å². The molecule has 0 amide bonds. The third-order valence-corrected chi connectivity index (χ3v) is 7.89. The summed E-state index contributed by atoms with van der Waals surface area (Å²) in [7, 11) is 0. The van der Waals surface area contributed by atoms with Gasteiger partial charge in [-0.05, 0) is 63.0 Å². The molecule has 2 aliphatic rings. The number of rotatable bonds is 13. The molecule has 5 rings (SSSR count). The van der Waals surface area contributed by atoms with E-state index in [1.165, 1.54) is 32.1 Å². The van der Waals surface area contributed by atoms with Gasteiger partial charge in [0, 0.05) is 19.6 Å². The van der Waals surface area contributed by atoms with Crippen molar-refractivity contribution < 1.29 is 19.4 Å². The first-order valence-electron chi connectivity index (χ1n) is 14.9. The number of ether oxygens (including phenoxy) is 2. The van der Waals surface area contributed by atoms with Crippen LogP contribution in [0.15, 0.2) is 30.6 Å². The molecule has 2 fully saturated rings. The molecule has 1 aliphatic carbocycles. The molecular weight excluding hydrogens is 508 g/mol. The molecule has 0 spiro atoms. The Hall–Kier alpha value is -3.40. The maximum atomic E-state index is 11.2. The number of aromatic nitrogens is 4. The molecular formula is C30H42N6O4. The van der Waals surface area contributed by atoms with Crippen LogP contribution in [0.25, 0.3) is 11.2 Å². The first kappa shape index (κ1) is 28.1. The summed E-state index contributed by atoms with van der Waals surface area (Å²) in [6.45, 7) is 3.67. The summed E-state index contributed by atoms with van der Waals surface area (Å²) in [5.41, 5.74) is 2.22. The molecule has 1 saturated carbocycles. The number of carboxylic acid groups (broad SMARTS) is 1. The summed E-state index contributed by atoms with van der Waals surface area (Å²) >= 11 is 0. The fourth-order valence-electron chi connectivity index (χ4n) is 5.72. The lowest BCUT2D eigenvalue weighted by Gasteiger charge is -2.24. The Morgan fingerprint density at radius 2 is 1.95 bits per heavy atom. The molecule has 1 saturated heterocycles. The van der Waals surface area contributed by atoms with E-state index in [1.807, 2.05) is 35.2 Å². The largest absolute Gasteiger partial charge is 0.488 e. The SMILES string of the molecule is CCCC(CCC(=O)O)Oc1ccccc1Nc1nc(NCC2CCCCC2)c2ncn(C3CCCCO3)c2n1. The molecule has 1 aliphatic heterocycles. The van der Waals surface area contributed by atoms with E-state index in [2.05, 4.69) is 17.6 Å². The maximum absolute atomic E-state index is 11.2. The summed E-state index contributed by atoms with van der Waals surface area (Å²) in [4.78, 5) is 25.7. The van der Waals surface area contributed by atoms with E-state index in [9.17, 15) is 9.90 Å². The average Bonchev–Trinajstić information content (AvgIpc) is 3.41. The molecule has 2 atom stereocenters. The number of aliphatic carboxylic acids is 1. The zero-order valence-corrected chi connectivity index (χ0v) is 23.5. The maximum Gasteiger partial charge on any atom is 0.303 e. The number of nitrogens with zero attached hydrogens (tertiary/aromatic N) is 4. The van der Waals surface area contributed by atoms with Crippen molar-refractivity contribution in [3.63, 3.8) is 0 Å². The van der Waals surface area contributed by atoms with Crippen LogP contribution in [0.2, 0.25) is 0 Å². The number of anilines is 3. The van der Waals surface area contributed by atoms with Crippen molar-refractivity contribution in [1.29, 1.82) is 0 Å². The van der Waals surface area contributed by atoms with E-state index in [4.69, 9.17) is 24.4 Å². The van der Waals surface area contributed by atoms with Gasteiger partial charge in [0.05, 0.1) is 18.1 Å². The normalized spacial score (nSPS) is 18.9. The van der Waals surface area contributed by atoms with Crippen LogP contribution in [0, 0.1) is 5.92 Å². The standard InChI is InChI=1S/C30H42N6O4/c1-2-10-22(16-17-26(37)38)40-24-14-7-6-13-23(24)33-30-34-28(31-19-21-11-4-3-5-12-21)27-29(35-30)36(20-32-27)25-15-8-9-18-39-25/h6-7,13-14,20-22,25H,2-5,8-12,15-19H2,1H3,(H,37,38)(H2,31,33,34,35). The van der Waals surface area contributed by atoms with E-state index in [0.717, 1.165) is 67.9 Å². The number of hydrogen-bond donors (Lipinski definition) is 3. The molecule has 10 nitrogen and oxygen atoms in total. The van der Waals surface area contributed by atoms with Crippen molar-refractivity contribution in [3.05, 3.63) is 30.6 Å². The lowest BCUT2D eigenvalue weighted by Crippen LogP contribution is -2.20. The third kappa shape index (κ3) is 7.21. The predicted octanol–water partition coefficient (Wildman–Crippen LogP) is 6.67. The van der Waals surface area contributed by atoms with E-state index in [-0.39, 0.29) is 18.8 Å². The summed E-state index contributed by atoms with van der Waals surface area (Å²) in [6, 6.07) is 7.67. The molecule has 3 heterocycles. The fourth-order valence-corrected chi connectivity index (χ4v) is 5.72. The Morgan fingerprint density at radius 1 is 1.12 bits per heavy atom. The van der Waals surface area contributed by atoms with Gasteiger partial charge in [-0.2, -0.15) is 9.97 Å². The van der Waals surface area contributed by atoms with Crippen LogP contribution >= 0.6 is 0 Å². The fraction of sp³-hybridized carbons (Fsp3) is 0.600. The second-order valence-corrected chi connectivity index (χ2v) is 11.0. The van der Waals surface area contributed by atoms with Crippen molar-refractivity contribution in [2.24, 2.45) is 5.92 Å². The molecule has 2 unspecified atom stereocenters. The minimum atomic E-state index is -0.815. The Kier molecular flexibility index (Phi) is 9.70. The highest BCUT2D eigenvalue weighted by molar-refractivity contribution is 5.85. The first-order chi connectivity index (χ1) is 19.6. The number of fused-ring (bicyclic) bond motifs is 1. The zero-order chi connectivity index (χ0) is 27.7. The minimum Gasteiger partial charge on any atom is -0.488 e. The van der Waals surface area contributed by atoms with E-state index >= 15 is 0 Å². The Balaban J connectivity index is 1.42. The molecule has 2 aromatic heterocycles. The van der Waals surface area contributed by atoms with Gasteiger partial charge in [0.1, 0.15) is 12.0 Å². The molecule has 1 aromatic carbocycles. The summed E-state index contributed by atoms with van der Waals surface area (Å²) in [6.07, 6.45) is 13.2. The number of hydrogen-bond acceptors (Lipinski definition) is 8. The number of para-hydroxylation sites is 2. The van der Waals surface area contributed by atoms with E-state index < -0.39 is 5.97 Å². The van der Waals surface area contributed by atoms with Gasteiger partial charge in [0.15, 0.2) is 17.0 Å². The lowest BCUT2D eigenvalue weighted by molar-refractivity contribution is -0.137. The van der Waals surface area contributed by atoms with Gasteiger partial charge in [-0.25, -0.2) is 4.98 Å². The smallest absolute Gasteiger partial charge is 0.303 e. The van der Waals surface area contributed by atoms with Crippen LogP contribution in [0.4, 0.5) is 17.5 Å². The number of carbonyl (C=O) groups is 1. The van der Waals surface area contributed by atoms with Crippen molar-refractivity contribution in [2.75, 3.05) is 23.8 Å². The molecule has 10 heteroatoms. The van der Waals surface area contributed by atoms with Gasteiger partial charge in [-0.1, -0.05) is 44.7 Å². The van der Waals surface area contributed by atoms with Gasteiger partial charge in [0.2, 0.25) is 5.95 Å². The molecule has 40 heavy (non-hydrogen) atoms. The topological polar surface area (TPSA) is 123 Å². The molecule has 3 N–H and O–H groups in total. The van der Waals surface area contributed by atoms with Crippen molar-refractivity contribution in [1.82, 2.24) is 19.5 Å². The molecule has 3 aromatic rings. The van der Waals surface area contributed by atoms with Gasteiger partial charge in [0.25, 0.3) is 0 Å². The van der Waals surface area contributed by atoms with Crippen LogP contribution in [-0.2, 0) is 9.53 Å². The quantitative estimate of drug-likeness (QED) is 0.214. The van der Waals surface area contributed by atoms with Crippen molar-refractivity contribution in [3.8, 4) is 5.75 Å². The zero-order valence-electron chi connectivity index (χ0n) is 23.5. The van der Waals surface area contributed by atoms with Crippen LogP contribution in [0.5, 0.6) is 5.75 Å². The highest BCUT2D eigenvalue weighted by Gasteiger charge is 2.23. The van der Waals surface area contributed by atoms with Crippen molar-refractivity contribution in [2.45, 2.75) is 96.3 Å². The molecule has 0 radical (unpaired) electrons. The number of imidazole rings is 1. The van der Waals surface area contributed by atoms with Crippen LogP contribution < -0.4 is 15.4 Å². The third-order valence-electron chi connectivity index (χ3n) is 7.89. The molecule has 0 bridgehead atoms. The van der Waals surface area contributed by atoms with Crippen LogP contribution in [0.3, 0.4) is 0 Å². The Labute approximate surface area is 235 Å². The second kappa shape index (κ2) is 13.8. The predicted molar refractivity (Wildman–Crippen MR) is 155 cm³/mol. The Morgan fingerprint density at radius 3 is 2.73 bits per heavy atom. The summed E-state index contributed by atoms with van der Waals surface area (Å²) in [5, 5.41) is 16.2. The monoisotopic (exact) mass is 550 g/mol. The van der Waals surface area contributed by atoms with E-state index in [1.54, 1.807) is 0 Å². The first-order valence-corrected chi connectivity index (χ1v) is 14.9.